The normalized spacial score (nSPS) is 13.3. The van der Waals surface area contributed by atoms with Crippen LogP contribution in [0.2, 0.25) is 45.3 Å². The lowest BCUT2D eigenvalue weighted by Crippen LogP contribution is -2.43. The quantitative estimate of drug-likeness (QED) is 0.131. The van der Waals surface area contributed by atoms with Crippen molar-refractivity contribution in [3.8, 4) is 17.2 Å². The van der Waals surface area contributed by atoms with Gasteiger partial charge in [-0.05, 0) is 69.8 Å². The van der Waals surface area contributed by atoms with E-state index in [1.54, 1.807) is 39.5 Å². The van der Waals surface area contributed by atoms with Crippen molar-refractivity contribution in [2.45, 2.75) is 64.6 Å². The smallest absolute Gasteiger partial charge is 0.330 e. The second kappa shape index (κ2) is 14.1. The molecule has 0 bridgehead atoms. The first-order valence-corrected chi connectivity index (χ1v) is 19.6. The van der Waals surface area contributed by atoms with Crippen LogP contribution in [0.3, 0.4) is 0 Å². The number of carbonyl (C=O) groups excluding carboxylic acids is 1. The van der Waals surface area contributed by atoms with E-state index in [2.05, 4.69) is 46.2 Å². The van der Waals surface area contributed by atoms with Gasteiger partial charge in [-0.2, -0.15) is 0 Å². The molecule has 0 fully saturated rings. The van der Waals surface area contributed by atoms with Crippen LogP contribution in [0.5, 0.6) is 17.2 Å². The van der Waals surface area contributed by atoms with Gasteiger partial charge in [0.25, 0.3) is 0 Å². The van der Waals surface area contributed by atoms with Crippen LogP contribution in [0, 0.1) is 5.92 Å². The minimum absolute atomic E-state index is 0.122. The predicted octanol–water partition coefficient (Wildman–Crippen LogP) is 5.40. The number of ether oxygens (including phenoxy) is 4. The molecule has 0 saturated heterocycles. The van der Waals surface area contributed by atoms with E-state index in [0.29, 0.717) is 44.9 Å². The fourth-order valence-corrected chi connectivity index (χ4v) is 8.04. The van der Waals surface area contributed by atoms with Gasteiger partial charge in [-0.25, -0.2) is 4.79 Å². The van der Waals surface area contributed by atoms with Crippen molar-refractivity contribution in [3.63, 3.8) is 0 Å². The number of methoxy groups -OCH3 is 3. The van der Waals surface area contributed by atoms with Crippen molar-refractivity contribution in [3.05, 3.63) is 23.8 Å². The van der Waals surface area contributed by atoms with Gasteiger partial charge in [-0.1, -0.05) is 13.0 Å². The van der Waals surface area contributed by atoms with Crippen molar-refractivity contribution >= 4 is 38.2 Å². The van der Waals surface area contributed by atoms with E-state index < -0.39 is 22.6 Å². The summed E-state index contributed by atoms with van der Waals surface area (Å²) in [5.41, 5.74) is 0.697. The Bertz CT molecular complexity index is 785. The number of hydrogen-bond acceptors (Lipinski definition) is 7. The minimum Gasteiger partial charge on any atom is -0.493 e. The predicted molar refractivity (Wildman–Crippen MR) is 143 cm³/mol. The highest BCUT2D eigenvalue weighted by molar-refractivity contribution is 6.71. The first-order chi connectivity index (χ1) is 15.8. The van der Waals surface area contributed by atoms with Gasteiger partial charge in [-0.15, -0.1) is 0 Å². The van der Waals surface area contributed by atoms with E-state index in [9.17, 15) is 4.79 Å². The van der Waals surface area contributed by atoms with Crippen molar-refractivity contribution in [2.24, 2.45) is 5.92 Å². The molecule has 1 aromatic carbocycles. The number of esters is 1. The Morgan fingerprint density at radius 3 is 2.03 bits per heavy atom. The van der Waals surface area contributed by atoms with E-state index in [1.807, 2.05) is 0 Å². The summed E-state index contributed by atoms with van der Waals surface area (Å²) in [6, 6.07) is 4.55. The number of rotatable bonds is 15. The zero-order chi connectivity index (χ0) is 25.9. The average Bonchev–Trinajstić information content (AvgIpc) is 2.73. The molecule has 192 valence electrons. The Hall–Kier alpha value is -1.60. The lowest BCUT2D eigenvalue weighted by molar-refractivity contribution is -0.137. The Morgan fingerprint density at radius 1 is 0.941 bits per heavy atom. The van der Waals surface area contributed by atoms with E-state index in [1.165, 1.54) is 6.08 Å². The summed E-state index contributed by atoms with van der Waals surface area (Å²) in [5.74, 6) is 1.41. The summed E-state index contributed by atoms with van der Waals surface area (Å²) in [4.78, 5) is 12.2. The summed E-state index contributed by atoms with van der Waals surface area (Å²) in [6.45, 7) is 15.7. The molecule has 7 nitrogen and oxygen atoms in total. The molecule has 0 N–H and O–H groups in total. The third-order valence-corrected chi connectivity index (χ3v) is 8.36. The Balaban J connectivity index is 2.57. The molecule has 0 saturated carbocycles. The van der Waals surface area contributed by atoms with Crippen LogP contribution in [0.25, 0.3) is 6.08 Å². The summed E-state index contributed by atoms with van der Waals surface area (Å²) in [7, 11) is 1.85. The fourth-order valence-electron chi connectivity index (χ4n) is 2.97. The molecule has 1 aromatic rings. The molecular formula is C24H42O7Si3. The molecule has 1 rings (SSSR count). The summed E-state index contributed by atoms with van der Waals surface area (Å²) in [5, 5.41) is 0. The molecule has 0 amide bonds. The molecule has 0 spiro atoms. The van der Waals surface area contributed by atoms with E-state index in [4.69, 9.17) is 27.8 Å². The van der Waals surface area contributed by atoms with Crippen molar-refractivity contribution in [1.29, 1.82) is 0 Å². The van der Waals surface area contributed by atoms with Gasteiger partial charge in [0, 0.05) is 11.6 Å². The van der Waals surface area contributed by atoms with Crippen molar-refractivity contribution in [1.82, 2.24) is 0 Å². The second-order valence-corrected chi connectivity index (χ2v) is 20.2. The Morgan fingerprint density at radius 2 is 1.53 bits per heavy atom. The lowest BCUT2D eigenvalue weighted by Gasteiger charge is -2.32. The minimum atomic E-state index is -1.68. The summed E-state index contributed by atoms with van der Waals surface area (Å²) in [6.07, 6.45) is 3.84. The van der Waals surface area contributed by atoms with Crippen LogP contribution in [-0.4, -0.2) is 66.0 Å². The standard InChI is InChI=1S/C24H42O7Si3/c1-18(17-32-24(30-33(5,6)7)31-34(8,9)10)15-16-29-21(25)14-12-19-11-13-20(26-2)23(28-4)22(19)27-3/h11-14,18,24H,15-17H2,1-10H3. The van der Waals surface area contributed by atoms with E-state index in [0.717, 1.165) is 12.5 Å². The van der Waals surface area contributed by atoms with Crippen LogP contribution in [0.15, 0.2) is 18.2 Å². The largest absolute Gasteiger partial charge is 0.493 e. The van der Waals surface area contributed by atoms with Crippen molar-refractivity contribution in [2.75, 3.05) is 27.9 Å². The molecule has 0 aromatic heterocycles. The van der Waals surface area contributed by atoms with Gasteiger partial charge in [0.2, 0.25) is 5.75 Å². The van der Waals surface area contributed by atoms with Gasteiger partial charge in [-0.3, -0.25) is 0 Å². The summed E-state index contributed by atoms with van der Waals surface area (Å²) < 4.78 is 34.1. The zero-order valence-electron chi connectivity index (χ0n) is 22.4. The second-order valence-electron chi connectivity index (χ2n) is 10.0. The van der Waals surface area contributed by atoms with E-state index >= 15 is 0 Å². The highest BCUT2D eigenvalue weighted by Crippen LogP contribution is 2.40. The van der Waals surface area contributed by atoms with Gasteiger partial charge in [0.15, 0.2) is 28.1 Å². The van der Waals surface area contributed by atoms with Gasteiger partial charge in [0.1, 0.15) is 15.4 Å². The lowest BCUT2D eigenvalue weighted by atomic mass is 10.1. The Labute approximate surface area is 210 Å². The molecule has 0 heterocycles. The van der Waals surface area contributed by atoms with Crippen LogP contribution in [-0.2, 0) is 18.4 Å². The highest BCUT2D eigenvalue weighted by Gasteiger charge is 2.27. The number of hydrogen-bond donors (Lipinski definition) is 0. The molecule has 0 aliphatic heterocycles. The van der Waals surface area contributed by atoms with Crippen LogP contribution >= 0.6 is 0 Å². The maximum atomic E-state index is 12.2. The topological polar surface area (TPSA) is 72.5 Å². The van der Waals surface area contributed by atoms with Crippen LogP contribution in [0.4, 0.5) is 0 Å². The number of carbonyl (C=O) groups is 1. The SMILES string of the molecule is COc1ccc(C=CC(=O)OCCC(C)C[Si]C(O[Si](C)(C)C)O[Si](C)(C)C)c(OC)c1OC. The maximum Gasteiger partial charge on any atom is 0.330 e. The fraction of sp³-hybridized carbons (Fsp3) is 0.625. The molecule has 10 heteroatoms. The molecule has 0 aliphatic carbocycles. The molecule has 1 atom stereocenters. The van der Waals surface area contributed by atoms with E-state index in [-0.39, 0.29) is 5.91 Å². The highest BCUT2D eigenvalue weighted by atomic mass is 28.4. The third-order valence-electron chi connectivity index (χ3n) is 4.54. The molecule has 1 unspecified atom stereocenters. The molecule has 0 aliphatic rings. The van der Waals surface area contributed by atoms with Gasteiger partial charge in [0.05, 0.1) is 27.9 Å². The molecule has 2 radical (unpaired) electrons. The first-order valence-electron chi connectivity index (χ1n) is 11.5. The van der Waals surface area contributed by atoms with Gasteiger partial charge < -0.3 is 27.8 Å². The van der Waals surface area contributed by atoms with Crippen LogP contribution < -0.4 is 14.2 Å². The third kappa shape index (κ3) is 11.7. The maximum absolute atomic E-state index is 12.2. The molecular weight excluding hydrogens is 485 g/mol. The zero-order valence-corrected chi connectivity index (χ0v) is 25.4. The Kier molecular flexibility index (Phi) is 12.6. The van der Waals surface area contributed by atoms with Gasteiger partial charge >= 0.3 is 5.97 Å². The number of benzene rings is 1. The van der Waals surface area contributed by atoms with Crippen molar-refractivity contribution < 1.29 is 32.6 Å². The average molecular weight is 527 g/mol. The summed E-state index contributed by atoms with van der Waals surface area (Å²) >= 11 is 0. The molecule has 34 heavy (non-hydrogen) atoms. The van der Waals surface area contributed by atoms with Crippen LogP contribution in [0.1, 0.15) is 18.9 Å². The monoisotopic (exact) mass is 526 g/mol. The first kappa shape index (κ1) is 30.4.